The molecule has 1 N–H and O–H groups in total. The van der Waals surface area contributed by atoms with Gasteiger partial charge in [0.25, 0.3) is 0 Å². The number of rotatable bonds is 6. The largest absolute Gasteiger partial charge is 0.468 e. The second-order valence-electron chi connectivity index (χ2n) is 3.34. The van der Waals surface area contributed by atoms with Crippen LogP contribution >= 0.6 is 0 Å². The normalized spacial score (nSPS) is 16.9. The molecular weight excluding hydrogens is 184 g/mol. The van der Waals surface area contributed by atoms with Crippen LogP contribution in [0.3, 0.4) is 0 Å². The summed E-state index contributed by atoms with van der Waals surface area (Å²) in [5, 5.41) is 6.38. The Morgan fingerprint density at radius 3 is 3.00 bits per heavy atom. The monoisotopic (exact) mass is 198 g/mol. The molecule has 0 aromatic heterocycles. The van der Waals surface area contributed by atoms with Crippen molar-refractivity contribution in [1.82, 2.24) is 5.32 Å². The van der Waals surface area contributed by atoms with Gasteiger partial charge in [-0.2, -0.15) is 0 Å². The van der Waals surface area contributed by atoms with Gasteiger partial charge in [0, 0.05) is 4.91 Å². The predicted molar refractivity (Wildman–Crippen MR) is 50.5 cm³/mol. The van der Waals surface area contributed by atoms with Gasteiger partial charge in [-0.3, -0.25) is 4.79 Å². The average molecular weight is 198 g/mol. The highest BCUT2D eigenvalue weighted by molar-refractivity contribution is 5.75. The van der Waals surface area contributed by atoms with Gasteiger partial charge in [-0.1, -0.05) is 5.11 Å². The van der Waals surface area contributed by atoms with Gasteiger partial charge in [-0.25, -0.2) is 0 Å². The average Bonchev–Trinajstić information content (AvgIpc) is 3.01. The van der Waals surface area contributed by atoms with Crippen LogP contribution in [-0.2, 0) is 9.53 Å². The van der Waals surface area contributed by atoms with Gasteiger partial charge in [0.15, 0.2) is 0 Å². The lowest BCUT2D eigenvalue weighted by atomic mass is 10.3. The summed E-state index contributed by atoms with van der Waals surface area (Å²) in [6, 6.07) is -0.503. The lowest BCUT2D eigenvalue weighted by molar-refractivity contribution is -0.142. The molecule has 0 aliphatic heterocycles. The molecule has 1 saturated carbocycles. The zero-order valence-electron chi connectivity index (χ0n) is 8.14. The van der Waals surface area contributed by atoms with E-state index in [1.165, 1.54) is 20.0 Å². The fraction of sp³-hybridized carbons (Fsp3) is 0.875. The van der Waals surface area contributed by atoms with Crippen molar-refractivity contribution in [3.05, 3.63) is 10.4 Å². The zero-order valence-corrected chi connectivity index (χ0v) is 8.14. The third-order valence-corrected chi connectivity index (χ3v) is 2.16. The van der Waals surface area contributed by atoms with E-state index in [0.29, 0.717) is 5.92 Å². The molecule has 0 aromatic carbocycles. The standard InChI is InChI=1S/C8H14N4O2/c1-14-8(13)7(5-11-12-9)10-4-6-2-3-6/h6-7,10H,2-5H2,1H3. The quantitative estimate of drug-likeness (QED) is 0.297. The summed E-state index contributed by atoms with van der Waals surface area (Å²) in [6.07, 6.45) is 2.42. The van der Waals surface area contributed by atoms with E-state index < -0.39 is 6.04 Å². The Morgan fingerprint density at radius 2 is 2.50 bits per heavy atom. The van der Waals surface area contributed by atoms with Crippen molar-refractivity contribution < 1.29 is 9.53 Å². The van der Waals surface area contributed by atoms with Crippen molar-refractivity contribution in [3.8, 4) is 0 Å². The van der Waals surface area contributed by atoms with Crippen molar-refractivity contribution >= 4 is 5.97 Å². The molecule has 0 aromatic rings. The third-order valence-electron chi connectivity index (χ3n) is 2.16. The molecular formula is C8H14N4O2. The summed E-state index contributed by atoms with van der Waals surface area (Å²) in [4.78, 5) is 13.8. The van der Waals surface area contributed by atoms with Crippen LogP contribution in [0.1, 0.15) is 12.8 Å². The van der Waals surface area contributed by atoms with Crippen LogP contribution in [0, 0.1) is 5.92 Å². The Balaban J connectivity index is 2.33. The zero-order chi connectivity index (χ0) is 10.4. The molecule has 1 fully saturated rings. The van der Waals surface area contributed by atoms with E-state index in [1.54, 1.807) is 0 Å². The first-order valence-corrected chi connectivity index (χ1v) is 4.60. The molecule has 1 atom stereocenters. The summed E-state index contributed by atoms with van der Waals surface area (Å²) in [5.41, 5.74) is 8.14. The Hall–Kier alpha value is -1.26. The highest BCUT2D eigenvalue weighted by Gasteiger charge is 2.24. The van der Waals surface area contributed by atoms with E-state index >= 15 is 0 Å². The van der Waals surface area contributed by atoms with E-state index in [1.807, 2.05) is 0 Å². The number of esters is 1. The SMILES string of the molecule is COC(=O)C(CN=[N+]=[N-])NCC1CC1. The molecule has 0 heterocycles. The first-order valence-electron chi connectivity index (χ1n) is 4.60. The first-order chi connectivity index (χ1) is 6.77. The lowest BCUT2D eigenvalue weighted by Gasteiger charge is -2.13. The maximum atomic E-state index is 11.2. The van der Waals surface area contributed by atoms with E-state index in [4.69, 9.17) is 5.53 Å². The van der Waals surface area contributed by atoms with Gasteiger partial charge in [-0.15, -0.1) is 0 Å². The van der Waals surface area contributed by atoms with Crippen LogP contribution in [0.2, 0.25) is 0 Å². The fourth-order valence-corrected chi connectivity index (χ4v) is 1.11. The Morgan fingerprint density at radius 1 is 1.79 bits per heavy atom. The van der Waals surface area contributed by atoms with Crippen LogP contribution in [0.4, 0.5) is 0 Å². The molecule has 14 heavy (non-hydrogen) atoms. The van der Waals surface area contributed by atoms with E-state index in [-0.39, 0.29) is 12.5 Å². The number of carbonyl (C=O) groups is 1. The molecule has 1 aliphatic rings. The summed E-state index contributed by atoms with van der Waals surface area (Å²) >= 11 is 0. The van der Waals surface area contributed by atoms with Crippen LogP contribution in [0.5, 0.6) is 0 Å². The Bertz CT molecular complexity index is 246. The number of nitrogens with zero attached hydrogens (tertiary/aromatic N) is 3. The third kappa shape index (κ3) is 3.64. The topological polar surface area (TPSA) is 87.1 Å². The minimum atomic E-state index is -0.503. The van der Waals surface area contributed by atoms with Gasteiger partial charge in [0.2, 0.25) is 0 Å². The molecule has 0 bridgehead atoms. The number of ether oxygens (including phenoxy) is 1. The van der Waals surface area contributed by atoms with E-state index in [9.17, 15) is 4.79 Å². The van der Waals surface area contributed by atoms with Gasteiger partial charge < -0.3 is 10.1 Å². The summed E-state index contributed by atoms with van der Waals surface area (Å²) in [5.74, 6) is 0.297. The van der Waals surface area contributed by atoms with Crippen LogP contribution < -0.4 is 5.32 Å². The van der Waals surface area contributed by atoms with Crippen molar-refractivity contribution in [2.45, 2.75) is 18.9 Å². The number of azide groups is 1. The smallest absolute Gasteiger partial charge is 0.322 e. The number of nitrogens with one attached hydrogen (secondary N) is 1. The molecule has 6 nitrogen and oxygen atoms in total. The molecule has 1 rings (SSSR count). The maximum Gasteiger partial charge on any atom is 0.322 e. The molecule has 78 valence electrons. The number of hydrogen-bond acceptors (Lipinski definition) is 4. The highest BCUT2D eigenvalue weighted by Crippen LogP contribution is 2.27. The highest BCUT2D eigenvalue weighted by atomic mass is 16.5. The summed E-state index contributed by atoms with van der Waals surface area (Å²) in [7, 11) is 1.32. The van der Waals surface area contributed by atoms with Crippen LogP contribution in [0.25, 0.3) is 10.4 Å². The fourth-order valence-electron chi connectivity index (χ4n) is 1.11. The van der Waals surface area contributed by atoms with Crippen molar-refractivity contribution in [2.75, 3.05) is 20.2 Å². The van der Waals surface area contributed by atoms with Crippen LogP contribution in [0.15, 0.2) is 5.11 Å². The summed E-state index contributed by atoms with van der Waals surface area (Å²) in [6.45, 7) is 0.899. The number of carbonyl (C=O) groups excluding carboxylic acids is 1. The predicted octanol–water partition coefficient (Wildman–Crippen LogP) is 0.838. The van der Waals surface area contributed by atoms with Gasteiger partial charge in [0.05, 0.1) is 13.7 Å². The van der Waals surface area contributed by atoms with Gasteiger partial charge >= 0.3 is 5.97 Å². The van der Waals surface area contributed by atoms with Crippen molar-refractivity contribution in [3.63, 3.8) is 0 Å². The minimum absolute atomic E-state index is 0.107. The molecule has 0 amide bonds. The molecule has 6 heteroatoms. The van der Waals surface area contributed by atoms with Gasteiger partial charge in [0.1, 0.15) is 6.04 Å². The first kappa shape index (κ1) is 10.8. The second kappa shape index (κ2) is 5.47. The molecule has 1 unspecified atom stereocenters. The van der Waals surface area contributed by atoms with Crippen molar-refractivity contribution in [2.24, 2.45) is 11.0 Å². The maximum absolute atomic E-state index is 11.2. The van der Waals surface area contributed by atoms with E-state index in [0.717, 1.165) is 6.54 Å². The lowest BCUT2D eigenvalue weighted by Crippen LogP contribution is -2.41. The molecule has 1 aliphatic carbocycles. The molecule has 0 spiro atoms. The van der Waals surface area contributed by atoms with E-state index in [2.05, 4.69) is 20.1 Å². The van der Waals surface area contributed by atoms with Crippen molar-refractivity contribution in [1.29, 1.82) is 0 Å². The number of hydrogen-bond donors (Lipinski definition) is 1. The second-order valence-corrected chi connectivity index (χ2v) is 3.34. The van der Waals surface area contributed by atoms with Crippen LogP contribution in [-0.4, -0.2) is 32.2 Å². The number of methoxy groups -OCH3 is 1. The molecule has 0 saturated heterocycles. The van der Waals surface area contributed by atoms with Gasteiger partial charge in [-0.05, 0) is 30.8 Å². The Kier molecular flexibility index (Phi) is 4.22. The minimum Gasteiger partial charge on any atom is -0.468 e. The Labute approximate surface area is 82.2 Å². The molecule has 0 radical (unpaired) electrons. The summed E-state index contributed by atoms with van der Waals surface area (Å²) < 4.78 is 4.58.